The number of piperazine rings is 1. The zero-order valence-corrected chi connectivity index (χ0v) is 18.6. The minimum Gasteiger partial charge on any atom is -0.496 e. The molecule has 1 saturated heterocycles. The number of methoxy groups -OCH3 is 1. The third-order valence-corrected chi connectivity index (χ3v) is 5.31. The Hall–Kier alpha value is -3.42. The largest absolute Gasteiger partial charge is 0.496 e. The van der Waals surface area contributed by atoms with Gasteiger partial charge in [0.25, 0.3) is 0 Å². The van der Waals surface area contributed by atoms with Crippen molar-refractivity contribution < 1.29 is 9.13 Å². The van der Waals surface area contributed by atoms with Crippen LogP contribution in [0.1, 0.15) is 12.6 Å². The average Bonchev–Trinajstić information content (AvgIpc) is 3.26. The molecule has 2 N–H and O–H groups in total. The van der Waals surface area contributed by atoms with Crippen molar-refractivity contribution in [3.05, 3.63) is 42.1 Å². The number of nitriles is 1. The van der Waals surface area contributed by atoms with Crippen LogP contribution in [0.2, 0.25) is 0 Å². The molecule has 9 nitrogen and oxygen atoms in total. The maximum atomic E-state index is 15.2. The van der Waals surface area contributed by atoms with Gasteiger partial charge in [0.1, 0.15) is 23.5 Å². The van der Waals surface area contributed by atoms with E-state index < -0.39 is 0 Å². The summed E-state index contributed by atoms with van der Waals surface area (Å²) in [5.41, 5.74) is 1.81. The summed E-state index contributed by atoms with van der Waals surface area (Å²) >= 11 is 0. The monoisotopic (exact) mass is 458 g/mol. The fraction of sp³-hybridized carbons (Fsp3) is 0.333. The number of halogens is 2. The van der Waals surface area contributed by atoms with Crippen LogP contribution in [0.25, 0.3) is 11.3 Å². The average molecular weight is 459 g/mol. The standard InChI is InChI=1S/C21H23FN8O.ClH/c1-3-29-4-6-30(7-5-29)15-8-16(22)21(18(9-15)31-2)17-10-19(28-27-17)26-20-13-24-14(11-23)12-25-20;/h8-10,12-13H,3-7H2,1-2H3,(H2,25,26,27,28);1H. The van der Waals surface area contributed by atoms with E-state index in [0.717, 1.165) is 38.4 Å². The Bertz CT molecular complexity index is 1090. The molecule has 1 aromatic carbocycles. The number of nitrogens with zero attached hydrogens (tertiary/aromatic N) is 6. The molecule has 0 unspecified atom stereocenters. The van der Waals surface area contributed by atoms with E-state index in [2.05, 4.69) is 42.2 Å². The molecule has 32 heavy (non-hydrogen) atoms. The number of likely N-dealkylation sites (N-methyl/N-ethyl adjacent to an activating group) is 1. The molecular formula is C21H24ClFN8O. The van der Waals surface area contributed by atoms with E-state index in [9.17, 15) is 0 Å². The summed E-state index contributed by atoms with van der Waals surface area (Å²) in [5, 5.41) is 18.8. The molecule has 1 fully saturated rings. The third-order valence-electron chi connectivity index (χ3n) is 5.31. The van der Waals surface area contributed by atoms with Gasteiger partial charge in [0.05, 0.1) is 30.8 Å². The molecule has 0 atom stereocenters. The first kappa shape index (κ1) is 23.2. The van der Waals surface area contributed by atoms with E-state index in [0.29, 0.717) is 28.6 Å². The number of aromatic amines is 1. The van der Waals surface area contributed by atoms with Crippen molar-refractivity contribution in [3.8, 4) is 23.1 Å². The maximum absolute atomic E-state index is 15.2. The second-order valence-corrected chi connectivity index (χ2v) is 7.12. The summed E-state index contributed by atoms with van der Waals surface area (Å²) in [6, 6.07) is 6.98. The van der Waals surface area contributed by atoms with Gasteiger partial charge in [-0.1, -0.05) is 6.92 Å². The number of aromatic nitrogens is 4. The highest BCUT2D eigenvalue weighted by Gasteiger charge is 2.21. The molecule has 0 bridgehead atoms. The Balaban J connectivity index is 0.00000289. The molecular weight excluding hydrogens is 435 g/mol. The molecule has 1 aliphatic rings. The number of hydrogen-bond donors (Lipinski definition) is 2. The Kier molecular flexibility index (Phi) is 7.45. The molecule has 4 rings (SSSR count). The van der Waals surface area contributed by atoms with Crippen LogP contribution >= 0.6 is 12.4 Å². The highest BCUT2D eigenvalue weighted by Crippen LogP contribution is 2.36. The number of hydrogen-bond acceptors (Lipinski definition) is 8. The van der Waals surface area contributed by atoms with Crippen molar-refractivity contribution in [2.24, 2.45) is 0 Å². The summed E-state index contributed by atoms with van der Waals surface area (Å²) in [6.45, 7) is 6.77. The van der Waals surface area contributed by atoms with Gasteiger partial charge in [-0.15, -0.1) is 12.4 Å². The van der Waals surface area contributed by atoms with Gasteiger partial charge < -0.3 is 19.9 Å². The number of benzene rings is 1. The number of rotatable bonds is 6. The number of H-pyrrole nitrogens is 1. The van der Waals surface area contributed by atoms with Crippen molar-refractivity contribution in [1.82, 2.24) is 25.1 Å². The predicted octanol–water partition coefficient (Wildman–Crippen LogP) is 3.19. The SMILES string of the molecule is CCN1CCN(c2cc(F)c(-c3cc(Nc4cnc(C#N)cn4)n[nH]3)c(OC)c2)CC1.Cl. The maximum Gasteiger partial charge on any atom is 0.158 e. The lowest BCUT2D eigenvalue weighted by atomic mass is 10.1. The number of anilines is 3. The van der Waals surface area contributed by atoms with Gasteiger partial charge in [0.15, 0.2) is 11.5 Å². The Labute approximate surface area is 191 Å². The molecule has 3 aromatic rings. The normalized spacial score (nSPS) is 13.9. The molecule has 0 amide bonds. The summed E-state index contributed by atoms with van der Waals surface area (Å²) in [6.07, 6.45) is 2.79. The molecule has 1 aliphatic heterocycles. The fourth-order valence-corrected chi connectivity index (χ4v) is 3.59. The summed E-state index contributed by atoms with van der Waals surface area (Å²) in [5.74, 6) is 0.906. The first-order valence-electron chi connectivity index (χ1n) is 10.0. The van der Waals surface area contributed by atoms with Crippen LogP contribution in [0, 0.1) is 17.1 Å². The molecule has 0 spiro atoms. The van der Waals surface area contributed by atoms with Crippen molar-refractivity contribution in [3.63, 3.8) is 0 Å². The second kappa shape index (κ2) is 10.3. The van der Waals surface area contributed by atoms with Gasteiger partial charge in [-0.3, -0.25) is 5.10 Å². The third kappa shape index (κ3) is 4.90. The summed E-state index contributed by atoms with van der Waals surface area (Å²) in [4.78, 5) is 12.6. The zero-order chi connectivity index (χ0) is 21.8. The van der Waals surface area contributed by atoms with E-state index in [1.54, 1.807) is 12.1 Å². The number of nitrogens with one attached hydrogen (secondary N) is 2. The van der Waals surface area contributed by atoms with Gasteiger partial charge in [-0.25, -0.2) is 14.4 Å². The quantitative estimate of drug-likeness (QED) is 0.580. The minimum atomic E-state index is -0.388. The van der Waals surface area contributed by atoms with Crippen LogP contribution < -0.4 is 15.0 Å². The van der Waals surface area contributed by atoms with E-state index in [1.807, 2.05) is 12.1 Å². The van der Waals surface area contributed by atoms with E-state index in [4.69, 9.17) is 10.00 Å². The van der Waals surface area contributed by atoms with Gasteiger partial charge in [0, 0.05) is 44.0 Å². The van der Waals surface area contributed by atoms with Gasteiger partial charge in [-0.05, 0) is 12.6 Å². The van der Waals surface area contributed by atoms with E-state index in [-0.39, 0.29) is 23.9 Å². The summed E-state index contributed by atoms with van der Waals surface area (Å²) in [7, 11) is 1.53. The fourth-order valence-electron chi connectivity index (χ4n) is 3.59. The molecule has 0 aliphatic carbocycles. The lowest BCUT2D eigenvalue weighted by Gasteiger charge is -2.35. The molecule has 3 heterocycles. The smallest absolute Gasteiger partial charge is 0.158 e. The van der Waals surface area contributed by atoms with Crippen LogP contribution in [0.15, 0.2) is 30.6 Å². The van der Waals surface area contributed by atoms with Crippen molar-refractivity contribution >= 4 is 29.7 Å². The van der Waals surface area contributed by atoms with Crippen molar-refractivity contribution in [2.75, 3.05) is 50.1 Å². The second-order valence-electron chi connectivity index (χ2n) is 7.12. The minimum absolute atomic E-state index is 0. The Morgan fingerprint density at radius 3 is 2.56 bits per heavy atom. The highest BCUT2D eigenvalue weighted by molar-refractivity contribution is 5.85. The van der Waals surface area contributed by atoms with Gasteiger partial charge >= 0.3 is 0 Å². The molecule has 0 saturated carbocycles. The van der Waals surface area contributed by atoms with Crippen molar-refractivity contribution in [1.29, 1.82) is 5.26 Å². The van der Waals surface area contributed by atoms with Crippen LogP contribution in [-0.4, -0.2) is 64.9 Å². The van der Waals surface area contributed by atoms with Crippen LogP contribution in [0.5, 0.6) is 5.75 Å². The Morgan fingerprint density at radius 1 is 1.16 bits per heavy atom. The lowest BCUT2D eigenvalue weighted by Crippen LogP contribution is -2.46. The molecule has 11 heteroatoms. The predicted molar refractivity (Wildman–Crippen MR) is 122 cm³/mol. The molecule has 2 aromatic heterocycles. The zero-order valence-electron chi connectivity index (χ0n) is 17.8. The lowest BCUT2D eigenvalue weighted by molar-refractivity contribution is 0.271. The van der Waals surface area contributed by atoms with Gasteiger partial charge in [-0.2, -0.15) is 10.4 Å². The van der Waals surface area contributed by atoms with Crippen LogP contribution in [0.4, 0.5) is 21.7 Å². The van der Waals surface area contributed by atoms with E-state index >= 15 is 4.39 Å². The van der Waals surface area contributed by atoms with Crippen molar-refractivity contribution in [2.45, 2.75) is 6.92 Å². The molecule has 0 radical (unpaired) electrons. The summed E-state index contributed by atoms with van der Waals surface area (Å²) < 4.78 is 20.7. The van der Waals surface area contributed by atoms with E-state index in [1.165, 1.54) is 19.5 Å². The first-order valence-corrected chi connectivity index (χ1v) is 10.0. The number of ether oxygens (including phenoxy) is 1. The van der Waals surface area contributed by atoms with Crippen LogP contribution in [0.3, 0.4) is 0 Å². The van der Waals surface area contributed by atoms with Crippen LogP contribution in [-0.2, 0) is 0 Å². The topological polar surface area (TPSA) is 106 Å². The van der Waals surface area contributed by atoms with Gasteiger partial charge in [0.2, 0.25) is 0 Å². The highest BCUT2D eigenvalue weighted by atomic mass is 35.5. The molecule has 168 valence electrons. The first-order chi connectivity index (χ1) is 15.1. The Morgan fingerprint density at radius 2 is 1.94 bits per heavy atom.